The van der Waals surface area contributed by atoms with Gasteiger partial charge in [0, 0.05) is 17.3 Å². The molecule has 0 saturated heterocycles. The zero-order valence-electron chi connectivity index (χ0n) is 9.75. The summed E-state index contributed by atoms with van der Waals surface area (Å²) in [6.45, 7) is 3.06. The molecule has 0 atom stereocenters. The molecular weight excluding hydrogens is 242 g/mol. The van der Waals surface area contributed by atoms with Gasteiger partial charge in [0.25, 0.3) is 5.56 Å². The van der Waals surface area contributed by atoms with Crippen LogP contribution in [0.2, 0.25) is 0 Å². The van der Waals surface area contributed by atoms with Gasteiger partial charge in [0.1, 0.15) is 11.6 Å². The van der Waals surface area contributed by atoms with E-state index >= 15 is 0 Å². The number of H-pyrrole nitrogens is 1. The van der Waals surface area contributed by atoms with E-state index in [2.05, 4.69) is 4.98 Å². The zero-order valence-corrected chi connectivity index (χ0v) is 9.75. The molecule has 0 fully saturated rings. The standard InChI is InChI=1S/C12H10F2N2O2/c1-6-7(2)15-12(18)16(11(6)17)10-5-8(13)3-4-9(10)14/h3-5H,1-2H3,(H,15,18). The predicted molar refractivity (Wildman–Crippen MR) is 62.0 cm³/mol. The SMILES string of the molecule is Cc1[nH]c(=O)n(-c2cc(F)ccc2F)c(=O)c1C. The van der Waals surface area contributed by atoms with Crippen molar-refractivity contribution in [1.29, 1.82) is 0 Å². The Balaban J connectivity index is 2.88. The van der Waals surface area contributed by atoms with Crippen molar-refractivity contribution in [3.8, 4) is 5.69 Å². The number of hydrogen-bond acceptors (Lipinski definition) is 2. The topological polar surface area (TPSA) is 54.9 Å². The minimum atomic E-state index is -0.841. The highest BCUT2D eigenvalue weighted by atomic mass is 19.1. The van der Waals surface area contributed by atoms with Crippen molar-refractivity contribution in [3.63, 3.8) is 0 Å². The third-order valence-electron chi connectivity index (χ3n) is 2.73. The van der Waals surface area contributed by atoms with Gasteiger partial charge in [0.2, 0.25) is 0 Å². The lowest BCUT2D eigenvalue weighted by Gasteiger charge is -2.08. The second kappa shape index (κ2) is 4.21. The van der Waals surface area contributed by atoms with E-state index < -0.39 is 28.6 Å². The molecular formula is C12H10F2N2O2. The highest BCUT2D eigenvalue weighted by Crippen LogP contribution is 2.11. The molecule has 18 heavy (non-hydrogen) atoms. The first kappa shape index (κ1) is 12.2. The summed E-state index contributed by atoms with van der Waals surface area (Å²) in [5.74, 6) is -1.57. The maximum Gasteiger partial charge on any atom is 0.333 e. The highest BCUT2D eigenvalue weighted by Gasteiger charge is 2.13. The number of rotatable bonds is 1. The molecule has 0 bridgehead atoms. The smallest absolute Gasteiger partial charge is 0.311 e. The van der Waals surface area contributed by atoms with Gasteiger partial charge in [-0.2, -0.15) is 0 Å². The molecule has 0 aliphatic carbocycles. The summed E-state index contributed by atoms with van der Waals surface area (Å²) < 4.78 is 27.2. The summed E-state index contributed by atoms with van der Waals surface area (Å²) in [5, 5.41) is 0. The number of nitrogens with one attached hydrogen (secondary N) is 1. The van der Waals surface area contributed by atoms with Crippen molar-refractivity contribution in [1.82, 2.24) is 9.55 Å². The van der Waals surface area contributed by atoms with E-state index in [9.17, 15) is 18.4 Å². The number of aryl methyl sites for hydroxylation is 1. The van der Waals surface area contributed by atoms with Gasteiger partial charge in [-0.1, -0.05) is 0 Å². The van der Waals surface area contributed by atoms with Crippen molar-refractivity contribution in [2.24, 2.45) is 0 Å². The highest BCUT2D eigenvalue weighted by molar-refractivity contribution is 5.35. The molecule has 0 spiro atoms. The van der Waals surface area contributed by atoms with Gasteiger partial charge in [-0.05, 0) is 26.0 Å². The third-order valence-corrected chi connectivity index (χ3v) is 2.73. The van der Waals surface area contributed by atoms with Gasteiger partial charge in [0.05, 0.1) is 5.69 Å². The Morgan fingerprint density at radius 2 is 1.83 bits per heavy atom. The predicted octanol–water partition coefficient (Wildman–Crippen LogP) is 1.42. The Kier molecular flexibility index (Phi) is 2.86. The Hall–Kier alpha value is -2.24. The molecule has 1 N–H and O–H groups in total. The largest absolute Gasteiger partial charge is 0.333 e. The van der Waals surface area contributed by atoms with E-state index in [1.807, 2.05) is 0 Å². The average Bonchev–Trinajstić information content (AvgIpc) is 2.31. The molecule has 1 aromatic carbocycles. The van der Waals surface area contributed by atoms with E-state index in [1.54, 1.807) is 6.92 Å². The lowest BCUT2D eigenvalue weighted by atomic mass is 10.2. The monoisotopic (exact) mass is 252 g/mol. The summed E-state index contributed by atoms with van der Waals surface area (Å²) in [6, 6.07) is 2.59. The van der Waals surface area contributed by atoms with Crippen molar-refractivity contribution in [2.75, 3.05) is 0 Å². The second-order valence-electron chi connectivity index (χ2n) is 3.92. The van der Waals surface area contributed by atoms with Crippen LogP contribution >= 0.6 is 0 Å². The van der Waals surface area contributed by atoms with Crippen molar-refractivity contribution in [3.05, 3.63) is 61.9 Å². The Labute approximate surface area is 101 Å². The van der Waals surface area contributed by atoms with Crippen LogP contribution in [0.15, 0.2) is 27.8 Å². The van der Waals surface area contributed by atoms with Crippen LogP contribution < -0.4 is 11.2 Å². The Morgan fingerprint density at radius 1 is 1.17 bits per heavy atom. The minimum Gasteiger partial charge on any atom is -0.311 e. The molecule has 0 radical (unpaired) electrons. The van der Waals surface area contributed by atoms with E-state index in [0.717, 1.165) is 18.2 Å². The van der Waals surface area contributed by atoms with Gasteiger partial charge >= 0.3 is 5.69 Å². The van der Waals surface area contributed by atoms with Crippen LogP contribution in [0.25, 0.3) is 5.69 Å². The molecule has 1 heterocycles. The van der Waals surface area contributed by atoms with Gasteiger partial charge in [0.15, 0.2) is 0 Å². The lowest BCUT2D eigenvalue weighted by molar-refractivity contribution is 0.587. The summed E-state index contributed by atoms with van der Waals surface area (Å²) in [5.41, 5.74) is -1.19. The third kappa shape index (κ3) is 1.85. The van der Waals surface area contributed by atoms with E-state index in [0.29, 0.717) is 10.3 Å². The van der Waals surface area contributed by atoms with Crippen molar-refractivity contribution in [2.45, 2.75) is 13.8 Å². The first-order valence-corrected chi connectivity index (χ1v) is 5.20. The number of benzene rings is 1. The number of aromatic amines is 1. The van der Waals surface area contributed by atoms with Crippen molar-refractivity contribution < 1.29 is 8.78 Å². The number of hydrogen-bond donors (Lipinski definition) is 1. The van der Waals surface area contributed by atoms with Crippen LogP contribution in [-0.2, 0) is 0 Å². The van der Waals surface area contributed by atoms with E-state index in [-0.39, 0.29) is 5.56 Å². The fraction of sp³-hybridized carbons (Fsp3) is 0.167. The Bertz CT molecular complexity index is 732. The minimum absolute atomic E-state index is 0.276. The quantitative estimate of drug-likeness (QED) is 0.834. The maximum absolute atomic E-state index is 13.6. The zero-order chi connectivity index (χ0) is 13.4. The molecule has 94 valence electrons. The fourth-order valence-corrected chi connectivity index (χ4v) is 1.61. The molecule has 2 rings (SSSR count). The first-order chi connectivity index (χ1) is 8.41. The van der Waals surface area contributed by atoms with Crippen LogP contribution in [0.4, 0.5) is 8.78 Å². The summed E-state index contributed by atoms with van der Waals surface area (Å²) >= 11 is 0. The number of aromatic nitrogens is 2. The van der Waals surface area contributed by atoms with Gasteiger partial charge < -0.3 is 4.98 Å². The lowest BCUT2D eigenvalue weighted by Crippen LogP contribution is -2.36. The van der Waals surface area contributed by atoms with Crippen LogP contribution in [0.3, 0.4) is 0 Å². The first-order valence-electron chi connectivity index (χ1n) is 5.20. The molecule has 0 aliphatic rings. The molecule has 2 aromatic rings. The molecule has 0 saturated carbocycles. The molecule has 0 unspecified atom stereocenters. The van der Waals surface area contributed by atoms with E-state index in [4.69, 9.17) is 0 Å². The van der Waals surface area contributed by atoms with Crippen LogP contribution in [0.5, 0.6) is 0 Å². The van der Waals surface area contributed by atoms with Crippen LogP contribution in [0.1, 0.15) is 11.3 Å². The number of nitrogens with zero attached hydrogens (tertiary/aromatic N) is 1. The molecule has 1 aromatic heterocycles. The van der Waals surface area contributed by atoms with E-state index in [1.165, 1.54) is 6.92 Å². The van der Waals surface area contributed by atoms with Gasteiger partial charge in [-0.15, -0.1) is 0 Å². The summed E-state index contributed by atoms with van der Waals surface area (Å²) in [6.07, 6.45) is 0. The summed E-state index contributed by atoms with van der Waals surface area (Å²) in [4.78, 5) is 26.0. The molecule has 0 amide bonds. The van der Waals surface area contributed by atoms with Crippen LogP contribution in [0, 0.1) is 25.5 Å². The second-order valence-corrected chi connectivity index (χ2v) is 3.92. The van der Waals surface area contributed by atoms with Gasteiger partial charge in [-0.3, -0.25) is 4.79 Å². The average molecular weight is 252 g/mol. The Morgan fingerprint density at radius 3 is 2.50 bits per heavy atom. The fourth-order valence-electron chi connectivity index (χ4n) is 1.61. The molecule has 6 heteroatoms. The molecule has 4 nitrogen and oxygen atoms in total. The number of halogens is 2. The van der Waals surface area contributed by atoms with Crippen molar-refractivity contribution >= 4 is 0 Å². The normalized spacial score (nSPS) is 10.7. The summed E-state index contributed by atoms with van der Waals surface area (Å²) in [7, 11) is 0. The maximum atomic E-state index is 13.6. The van der Waals surface area contributed by atoms with Crippen LogP contribution in [-0.4, -0.2) is 9.55 Å². The molecule has 0 aliphatic heterocycles. The van der Waals surface area contributed by atoms with Gasteiger partial charge in [-0.25, -0.2) is 18.1 Å².